The van der Waals surface area contributed by atoms with Crippen molar-refractivity contribution in [2.45, 2.75) is 31.2 Å². The quantitative estimate of drug-likeness (QED) is 0.464. The number of aromatic amines is 2. The minimum atomic E-state index is -0.412. The lowest BCUT2D eigenvalue weighted by Gasteiger charge is -2.10. The summed E-state index contributed by atoms with van der Waals surface area (Å²) >= 11 is 1.26. The maximum atomic E-state index is 12.5. The third-order valence-corrected chi connectivity index (χ3v) is 4.99. The van der Waals surface area contributed by atoms with Crippen molar-refractivity contribution in [1.29, 1.82) is 0 Å². The van der Waals surface area contributed by atoms with Gasteiger partial charge in [-0.25, -0.2) is 14.3 Å². The number of nitrogens with zero attached hydrogens (tertiary/aromatic N) is 4. The van der Waals surface area contributed by atoms with Crippen LogP contribution in [0.15, 0.2) is 34.2 Å². The van der Waals surface area contributed by atoms with Crippen molar-refractivity contribution < 1.29 is 4.79 Å². The van der Waals surface area contributed by atoms with Crippen LogP contribution in [0.3, 0.4) is 0 Å². The Morgan fingerprint density at radius 2 is 1.96 bits per heavy atom. The van der Waals surface area contributed by atoms with Gasteiger partial charge in [0.2, 0.25) is 11.1 Å². The Morgan fingerprint density at radius 3 is 2.78 bits per heavy atom. The van der Waals surface area contributed by atoms with Crippen LogP contribution in [0, 0.1) is 13.8 Å². The number of rotatable bonds is 4. The van der Waals surface area contributed by atoms with E-state index in [4.69, 9.17) is 0 Å². The molecule has 0 aliphatic rings. The number of aryl methyl sites for hydroxylation is 2. The highest BCUT2D eigenvalue weighted by Crippen LogP contribution is 2.22. The second-order valence-electron chi connectivity index (χ2n) is 6.23. The summed E-state index contributed by atoms with van der Waals surface area (Å²) in [6.45, 7) is 5.62. The van der Waals surface area contributed by atoms with Crippen molar-refractivity contribution in [2.24, 2.45) is 0 Å². The summed E-state index contributed by atoms with van der Waals surface area (Å²) in [4.78, 5) is 37.9. The molecule has 3 aromatic heterocycles. The Bertz CT molecular complexity index is 1220. The molecule has 0 saturated carbocycles. The molecule has 4 rings (SSSR count). The van der Waals surface area contributed by atoms with Crippen LogP contribution in [-0.4, -0.2) is 40.7 Å². The van der Waals surface area contributed by atoms with E-state index in [1.807, 2.05) is 19.9 Å². The van der Waals surface area contributed by atoms with Crippen molar-refractivity contribution in [2.75, 3.05) is 5.32 Å². The number of thioether (sulfide) groups is 1. The Labute approximate surface area is 157 Å². The van der Waals surface area contributed by atoms with E-state index in [1.54, 1.807) is 29.6 Å². The summed E-state index contributed by atoms with van der Waals surface area (Å²) in [5, 5.41) is 7.33. The van der Waals surface area contributed by atoms with Gasteiger partial charge in [-0.15, -0.1) is 5.10 Å². The minimum absolute atomic E-state index is 0.183. The molecule has 1 aromatic carbocycles. The van der Waals surface area contributed by atoms with Crippen LogP contribution in [0.4, 0.5) is 5.69 Å². The molecular formula is C17H17N7O2S. The highest BCUT2D eigenvalue weighted by Gasteiger charge is 2.18. The maximum absolute atomic E-state index is 12.5. The second-order valence-corrected chi connectivity index (χ2v) is 7.54. The van der Waals surface area contributed by atoms with E-state index in [2.05, 4.69) is 30.4 Å². The molecule has 1 unspecified atom stereocenters. The fraction of sp³-hybridized carbons (Fsp3) is 0.235. The molecule has 1 atom stereocenters. The number of H-pyrrole nitrogens is 2. The average Bonchev–Trinajstić information content (AvgIpc) is 3.16. The molecular weight excluding hydrogens is 366 g/mol. The van der Waals surface area contributed by atoms with Gasteiger partial charge in [-0.1, -0.05) is 11.8 Å². The second kappa shape index (κ2) is 6.54. The molecule has 0 bridgehead atoms. The Balaban J connectivity index is 1.50. The van der Waals surface area contributed by atoms with E-state index in [9.17, 15) is 9.59 Å². The number of aromatic nitrogens is 6. The lowest BCUT2D eigenvalue weighted by molar-refractivity contribution is -0.115. The predicted molar refractivity (Wildman–Crippen MR) is 103 cm³/mol. The van der Waals surface area contributed by atoms with Crippen LogP contribution in [0.1, 0.15) is 18.3 Å². The largest absolute Gasteiger partial charge is 0.325 e. The molecule has 0 aliphatic heterocycles. The van der Waals surface area contributed by atoms with Gasteiger partial charge in [-0.2, -0.15) is 4.98 Å². The summed E-state index contributed by atoms with van der Waals surface area (Å²) in [5.41, 5.74) is 3.45. The monoisotopic (exact) mass is 383 g/mol. The lowest BCUT2D eigenvalue weighted by Crippen LogP contribution is -2.22. The number of anilines is 1. The summed E-state index contributed by atoms with van der Waals surface area (Å²) in [7, 11) is 0. The number of imidazole rings is 1. The third-order valence-electron chi connectivity index (χ3n) is 4.03. The molecule has 138 valence electrons. The zero-order valence-corrected chi connectivity index (χ0v) is 15.7. The summed E-state index contributed by atoms with van der Waals surface area (Å²) in [6.07, 6.45) is 0. The molecule has 0 fully saturated rings. The van der Waals surface area contributed by atoms with Crippen LogP contribution in [0.2, 0.25) is 0 Å². The number of carbonyl (C=O) groups is 1. The fourth-order valence-corrected chi connectivity index (χ4v) is 3.51. The lowest BCUT2D eigenvalue weighted by atomic mass is 10.2. The van der Waals surface area contributed by atoms with Crippen LogP contribution < -0.4 is 11.0 Å². The average molecular weight is 383 g/mol. The number of fused-ring (bicyclic) bond motifs is 2. The van der Waals surface area contributed by atoms with E-state index in [1.165, 1.54) is 11.8 Å². The normalized spacial score (nSPS) is 12.6. The van der Waals surface area contributed by atoms with E-state index >= 15 is 0 Å². The zero-order valence-electron chi connectivity index (χ0n) is 14.9. The van der Waals surface area contributed by atoms with Crippen molar-refractivity contribution in [3.05, 3.63) is 46.1 Å². The first-order chi connectivity index (χ1) is 12.9. The van der Waals surface area contributed by atoms with E-state index < -0.39 is 5.25 Å². The Hall–Kier alpha value is -3.14. The SMILES string of the molecule is Cc1cc(C)n2nc(SC(C)C(=O)Nc3ccc4[nH]c(=O)[nH]c4c3)nc2n1. The van der Waals surface area contributed by atoms with Crippen LogP contribution >= 0.6 is 11.8 Å². The predicted octanol–water partition coefficient (Wildman–Crippen LogP) is 2.03. The molecule has 0 radical (unpaired) electrons. The van der Waals surface area contributed by atoms with Gasteiger partial charge < -0.3 is 15.3 Å². The molecule has 3 heterocycles. The van der Waals surface area contributed by atoms with Gasteiger partial charge in [0.05, 0.1) is 16.3 Å². The molecule has 0 aliphatic carbocycles. The highest BCUT2D eigenvalue weighted by molar-refractivity contribution is 8.00. The smallest absolute Gasteiger partial charge is 0.323 e. The third kappa shape index (κ3) is 3.43. The first-order valence-electron chi connectivity index (χ1n) is 8.29. The Kier molecular flexibility index (Phi) is 4.19. The van der Waals surface area contributed by atoms with Gasteiger partial charge in [0.1, 0.15) is 0 Å². The van der Waals surface area contributed by atoms with Gasteiger partial charge in [0, 0.05) is 17.1 Å². The van der Waals surface area contributed by atoms with E-state index in [-0.39, 0.29) is 11.6 Å². The molecule has 0 saturated heterocycles. The van der Waals surface area contributed by atoms with E-state index in [0.717, 1.165) is 11.4 Å². The highest BCUT2D eigenvalue weighted by atomic mass is 32.2. The van der Waals surface area contributed by atoms with Crippen LogP contribution in [-0.2, 0) is 4.79 Å². The van der Waals surface area contributed by atoms with Crippen LogP contribution in [0.5, 0.6) is 0 Å². The summed E-state index contributed by atoms with van der Waals surface area (Å²) in [6, 6.07) is 7.11. The van der Waals surface area contributed by atoms with Crippen molar-refractivity contribution >= 4 is 40.2 Å². The molecule has 1 amide bonds. The van der Waals surface area contributed by atoms with Crippen molar-refractivity contribution in [1.82, 2.24) is 29.5 Å². The van der Waals surface area contributed by atoms with Gasteiger partial charge in [0.15, 0.2) is 0 Å². The van der Waals surface area contributed by atoms with Crippen LogP contribution in [0.25, 0.3) is 16.8 Å². The van der Waals surface area contributed by atoms with Gasteiger partial charge in [0.25, 0.3) is 5.78 Å². The number of benzene rings is 1. The molecule has 9 nitrogen and oxygen atoms in total. The molecule has 4 aromatic rings. The number of hydrogen-bond donors (Lipinski definition) is 3. The summed E-state index contributed by atoms with van der Waals surface area (Å²) in [5.74, 6) is 0.335. The number of amides is 1. The molecule has 3 N–H and O–H groups in total. The number of nitrogens with one attached hydrogen (secondary N) is 3. The fourth-order valence-electron chi connectivity index (χ4n) is 2.76. The number of hydrogen-bond acceptors (Lipinski definition) is 6. The number of carbonyl (C=O) groups excluding carboxylic acids is 1. The van der Waals surface area contributed by atoms with Crippen molar-refractivity contribution in [3.63, 3.8) is 0 Å². The van der Waals surface area contributed by atoms with Gasteiger partial charge >= 0.3 is 5.69 Å². The maximum Gasteiger partial charge on any atom is 0.323 e. The first-order valence-corrected chi connectivity index (χ1v) is 9.17. The molecule has 27 heavy (non-hydrogen) atoms. The topological polar surface area (TPSA) is 121 Å². The van der Waals surface area contributed by atoms with Gasteiger partial charge in [-0.3, -0.25) is 4.79 Å². The molecule has 10 heteroatoms. The Morgan fingerprint density at radius 1 is 1.19 bits per heavy atom. The van der Waals surface area contributed by atoms with Gasteiger partial charge in [-0.05, 0) is 45.0 Å². The van der Waals surface area contributed by atoms with Crippen molar-refractivity contribution in [3.8, 4) is 0 Å². The first kappa shape index (κ1) is 17.3. The standard InChI is InChI=1S/C17H17N7O2S/c1-8-6-9(2)24-15(18-8)22-17(23-24)27-10(3)14(25)19-11-4-5-12-13(7-11)21-16(26)20-12/h4-7,10H,1-3H3,(H,19,25)(H2,20,21,26). The van der Waals surface area contributed by atoms with E-state index in [0.29, 0.717) is 27.7 Å². The minimum Gasteiger partial charge on any atom is -0.325 e. The summed E-state index contributed by atoms with van der Waals surface area (Å²) < 4.78 is 1.66. The molecule has 0 spiro atoms. The zero-order chi connectivity index (χ0) is 19.1.